The summed E-state index contributed by atoms with van der Waals surface area (Å²) in [7, 11) is -6.17. The van der Waals surface area contributed by atoms with Crippen LogP contribution in [0, 0.1) is 0 Å². The number of carbonyl (C=O) groups excluding carboxylic acids is 3. The zero-order chi connectivity index (χ0) is 26.8. The first-order chi connectivity index (χ1) is 17.5. The summed E-state index contributed by atoms with van der Waals surface area (Å²) in [5.74, 6) is -3.74. The van der Waals surface area contributed by atoms with Gasteiger partial charge in [-0.3, -0.25) is 14.5 Å². The SMILES string of the molecule is O=C(Cc1ccccc1)NC1C(=O)N2C(C(=O)OCc3ccccc3)=C(OS(=O)(=O)C(F)(F)F)NCC12. The maximum Gasteiger partial charge on any atom is 0.534 e. The second-order valence-corrected chi connectivity index (χ2v) is 9.62. The van der Waals surface area contributed by atoms with E-state index in [4.69, 9.17) is 4.74 Å². The lowest BCUT2D eigenvalue weighted by Crippen LogP contribution is -2.75. The molecule has 0 aromatic heterocycles. The Balaban J connectivity index is 1.55. The van der Waals surface area contributed by atoms with Gasteiger partial charge in [0.05, 0.1) is 12.5 Å². The number of carbonyl (C=O) groups is 3. The van der Waals surface area contributed by atoms with Gasteiger partial charge in [0.25, 0.3) is 5.91 Å². The fourth-order valence-corrected chi connectivity index (χ4v) is 4.24. The molecule has 1 fully saturated rings. The van der Waals surface area contributed by atoms with Gasteiger partial charge in [-0.25, -0.2) is 4.79 Å². The van der Waals surface area contributed by atoms with Crippen LogP contribution in [0.15, 0.2) is 72.2 Å². The minimum absolute atomic E-state index is 0.0369. The molecule has 4 rings (SSSR count). The summed E-state index contributed by atoms with van der Waals surface area (Å²) in [6, 6.07) is 14.9. The molecule has 2 aliphatic heterocycles. The fourth-order valence-electron chi connectivity index (χ4n) is 3.79. The first-order valence-corrected chi connectivity index (χ1v) is 12.2. The molecule has 0 bridgehead atoms. The average molecular weight is 539 g/mol. The molecule has 14 heteroatoms. The van der Waals surface area contributed by atoms with Crippen molar-refractivity contribution < 1.29 is 44.9 Å². The molecule has 10 nitrogen and oxygen atoms in total. The summed E-state index contributed by atoms with van der Waals surface area (Å²) in [6.45, 7) is -0.618. The molecule has 196 valence electrons. The van der Waals surface area contributed by atoms with E-state index in [0.717, 1.165) is 4.90 Å². The third kappa shape index (κ3) is 5.53. The van der Waals surface area contributed by atoms with E-state index < -0.39 is 57.1 Å². The lowest BCUT2D eigenvalue weighted by atomic mass is 9.91. The highest BCUT2D eigenvalue weighted by molar-refractivity contribution is 7.87. The molecule has 2 N–H and O–H groups in total. The number of hydrogen-bond donors (Lipinski definition) is 2. The Labute approximate surface area is 209 Å². The van der Waals surface area contributed by atoms with Gasteiger partial charge in [-0.2, -0.15) is 21.6 Å². The molecule has 2 amide bonds. The molecule has 2 heterocycles. The van der Waals surface area contributed by atoms with Crippen molar-refractivity contribution in [3.8, 4) is 0 Å². The van der Waals surface area contributed by atoms with Crippen molar-refractivity contribution in [1.82, 2.24) is 15.5 Å². The number of rotatable bonds is 8. The predicted molar refractivity (Wildman–Crippen MR) is 120 cm³/mol. The number of hydrogen-bond acceptors (Lipinski definition) is 8. The van der Waals surface area contributed by atoms with Gasteiger partial charge in [0.15, 0.2) is 5.70 Å². The number of alkyl halides is 3. The van der Waals surface area contributed by atoms with Crippen LogP contribution in [0.4, 0.5) is 13.2 Å². The molecule has 2 aromatic rings. The number of ether oxygens (including phenoxy) is 1. The molecular formula is C23H20F3N3O7S. The summed E-state index contributed by atoms with van der Waals surface area (Å²) in [5, 5.41) is 4.85. The van der Waals surface area contributed by atoms with Crippen LogP contribution in [-0.2, 0) is 46.4 Å². The Morgan fingerprint density at radius 2 is 1.62 bits per heavy atom. The number of halogens is 3. The molecule has 2 unspecified atom stereocenters. The van der Waals surface area contributed by atoms with Crippen molar-refractivity contribution in [1.29, 1.82) is 0 Å². The van der Waals surface area contributed by atoms with Crippen LogP contribution >= 0.6 is 0 Å². The number of nitrogens with zero attached hydrogens (tertiary/aromatic N) is 1. The molecule has 0 saturated carbocycles. The number of amides is 2. The zero-order valence-electron chi connectivity index (χ0n) is 18.9. The maximum absolute atomic E-state index is 12.9. The van der Waals surface area contributed by atoms with E-state index in [0.29, 0.717) is 11.1 Å². The fraction of sp³-hybridized carbons (Fsp3) is 0.261. The van der Waals surface area contributed by atoms with E-state index in [1.165, 1.54) is 0 Å². The summed E-state index contributed by atoms with van der Waals surface area (Å²) in [4.78, 5) is 39.0. The summed E-state index contributed by atoms with van der Waals surface area (Å²) >= 11 is 0. The molecule has 1 saturated heterocycles. The van der Waals surface area contributed by atoms with Gasteiger partial charge in [-0.1, -0.05) is 60.7 Å². The topological polar surface area (TPSA) is 131 Å². The third-order valence-electron chi connectivity index (χ3n) is 5.55. The smallest absolute Gasteiger partial charge is 0.456 e. The highest BCUT2D eigenvalue weighted by Crippen LogP contribution is 2.34. The Morgan fingerprint density at radius 3 is 2.22 bits per heavy atom. The molecular weight excluding hydrogens is 519 g/mol. The monoisotopic (exact) mass is 539 g/mol. The Hall–Kier alpha value is -4.07. The second kappa shape index (κ2) is 10.1. The van der Waals surface area contributed by atoms with Crippen LogP contribution < -0.4 is 10.6 Å². The van der Waals surface area contributed by atoms with Gasteiger partial charge < -0.3 is 19.6 Å². The summed E-state index contributed by atoms with van der Waals surface area (Å²) in [6.07, 6.45) is -0.0369. The van der Waals surface area contributed by atoms with Gasteiger partial charge in [-0.05, 0) is 11.1 Å². The predicted octanol–water partition coefficient (Wildman–Crippen LogP) is 1.31. The number of fused-ring (bicyclic) bond motifs is 1. The quantitative estimate of drug-likeness (QED) is 0.222. The van der Waals surface area contributed by atoms with E-state index in [9.17, 15) is 36.0 Å². The van der Waals surface area contributed by atoms with Gasteiger partial charge in [0.2, 0.25) is 11.8 Å². The van der Waals surface area contributed by atoms with E-state index in [2.05, 4.69) is 14.8 Å². The molecule has 2 aromatic carbocycles. The molecule has 2 atom stereocenters. The number of nitrogens with one attached hydrogen (secondary N) is 2. The standard InChI is InChI=1S/C23H20F3N3O7S/c24-23(25,26)37(33,34)36-20-19(22(32)35-13-15-9-5-2-6-10-15)29-16(12-27-20)18(21(29)31)28-17(30)11-14-7-3-1-4-8-14/h1-10,16,18,27H,11-13H2,(H,28,30). The number of benzene rings is 2. The van der Waals surface area contributed by atoms with Crippen molar-refractivity contribution in [2.45, 2.75) is 30.6 Å². The van der Waals surface area contributed by atoms with Crippen molar-refractivity contribution in [3.05, 3.63) is 83.4 Å². The van der Waals surface area contributed by atoms with Crippen LogP contribution in [0.2, 0.25) is 0 Å². The maximum atomic E-state index is 12.9. The van der Waals surface area contributed by atoms with Crippen molar-refractivity contribution in [2.24, 2.45) is 0 Å². The average Bonchev–Trinajstić information content (AvgIpc) is 2.86. The molecule has 37 heavy (non-hydrogen) atoms. The zero-order valence-corrected chi connectivity index (χ0v) is 19.7. The van der Waals surface area contributed by atoms with Crippen LogP contribution in [0.3, 0.4) is 0 Å². The highest BCUT2D eigenvalue weighted by Gasteiger charge is 2.56. The minimum Gasteiger partial charge on any atom is -0.456 e. The Morgan fingerprint density at radius 1 is 1.03 bits per heavy atom. The van der Waals surface area contributed by atoms with Crippen molar-refractivity contribution >= 4 is 27.9 Å². The van der Waals surface area contributed by atoms with Crippen molar-refractivity contribution in [2.75, 3.05) is 6.54 Å². The van der Waals surface area contributed by atoms with E-state index in [-0.39, 0.29) is 19.6 Å². The largest absolute Gasteiger partial charge is 0.534 e. The van der Waals surface area contributed by atoms with Crippen LogP contribution in [0.25, 0.3) is 0 Å². The van der Waals surface area contributed by atoms with Gasteiger partial charge in [0, 0.05) is 6.54 Å². The molecule has 0 radical (unpaired) electrons. The molecule has 0 aliphatic carbocycles. The number of β-lactam (4-membered cyclic amide) rings is 1. The summed E-state index contributed by atoms with van der Waals surface area (Å²) < 4.78 is 71.3. The first-order valence-electron chi connectivity index (χ1n) is 10.8. The molecule has 2 aliphatic rings. The van der Waals surface area contributed by atoms with Gasteiger partial charge >= 0.3 is 21.6 Å². The van der Waals surface area contributed by atoms with E-state index in [1.807, 2.05) is 0 Å². The first kappa shape index (κ1) is 26.0. The highest BCUT2D eigenvalue weighted by atomic mass is 32.2. The minimum atomic E-state index is -6.17. The van der Waals surface area contributed by atoms with Crippen LogP contribution in [0.1, 0.15) is 11.1 Å². The normalized spacial score (nSPS) is 19.3. The summed E-state index contributed by atoms with van der Waals surface area (Å²) in [5.41, 5.74) is -5.42. The van der Waals surface area contributed by atoms with Crippen LogP contribution in [0.5, 0.6) is 0 Å². The Bertz CT molecular complexity index is 1330. The lowest BCUT2D eigenvalue weighted by Gasteiger charge is -2.49. The van der Waals surface area contributed by atoms with Crippen LogP contribution in [-0.4, -0.2) is 55.2 Å². The van der Waals surface area contributed by atoms with Crippen molar-refractivity contribution in [3.63, 3.8) is 0 Å². The van der Waals surface area contributed by atoms with E-state index in [1.54, 1.807) is 60.7 Å². The lowest BCUT2D eigenvalue weighted by molar-refractivity contribution is -0.158. The molecule has 0 spiro atoms. The third-order valence-corrected chi connectivity index (χ3v) is 6.51. The second-order valence-electron chi connectivity index (χ2n) is 8.09. The van der Waals surface area contributed by atoms with Gasteiger partial charge in [0.1, 0.15) is 12.6 Å². The van der Waals surface area contributed by atoms with Gasteiger partial charge in [-0.15, -0.1) is 0 Å². The Kier molecular flexibility index (Phi) is 7.12. The number of esters is 1. The van der Waals surface area contributed by atoms with E-state index >= 15 is 0 Å².